The highest BCUT2D eigenvalue weighted by Crippen LogP contribution is 2.32. The largest absolute Gasteiger partial charge is 0.454 e. The van der Waals surface area contributed by atoms with Crippen molar-refractivity contribution in [3.05, 3.63) is 53.1 Å². The van der Waals surface area contributed by atoms with Gasteiger partial charge in [-0.15, -0.1) is 0 Å². The van der Waals surface area contributed by atoms with Crippen molar-refractivity contribution in [1.82, 2.24) is 5.32 Å². The number of hydrogen-bond acceptors (Lipinski definition) is 4. The Labute approximate surface area is 164 Å². The van der Waals surface area contributed by atoms with Crippen molar-refractivity contribution >= 4 is 17.5 Å². The van der Waals surface area contributed by atoms with Crippen LogP contribution in [0.3, 0.4) is 0 Å². The van der Waals surface area contributed by atoms with E-state index in [1.54, 1.807) is 0 Å². The van der Waals surface area contributed by atoms with Crippen molar-refractivity contribution in [2.45, 2.75) is 20.4 Å². The third-order valence-corrected chi connectivity index (χ3v) is 4.73. The molecule has 3 rings (SSSR count). The van der Waals surface area contributed by atoms with Crippen LogP contribution >= 0.6 is 0 Å². The first-order valence-corrected chi connectivity index (χ1v) is 9.25. The number of quaternary nitrogens is 1. The van der Waals surface area contributed by atoms with Gasteiger partial charge in [0.05, 0.1) is 13.6 Å². The van der Waals surface area contributed by atoms with Crippen molar-refractivity contribution in [2.75, 3.05) is 32.2 Å². The van der Waals surface area contributed by atoms with Gasteiger partial charge in [-0.3, -0.25) is 9.59 Å². The van der Waals surface area contributed by atoms with Crippen molar-refractivity contribution in [3.8, 4) is 11.5 Å². The first-order valence-electron chi connectivity index (χ1n) is 9.25. The second-order valence-corrected chi connectivity index (χ2v) is 7.07. The summed E-state index contributed by atoms with van der Waals surface area (Å²) in [6.45, 7) is 5.07. The molecule has 0 aromatic heterocycles. The molecule has 1 unspecified atom stereocenters. The molecule has 2 amide bonds. The zero-order chi connectivity index (χ0) is 20.1. The lowest BCUT2D eigenvalue weighted by Gasteiger charge is -2.14. The van der Waals surface area contributed by atoms with Gasteiger partial charge < -0.3 is 25.0 Å². The van der Waals surface area contributed by atoms with Gasteiger partial charge in [0.15, 0.2) is 18.0 Å². The fourth-order valence-electron chi connectivity index (χ4n) is 3.06. The fourth-order valence-corrected chi connectivity index (χ4v) is 3.06. The highest BCUT2D eigenvalue weighted by molar-refractivity contribution is 5.95. The predicted molar refractivity (Wildman–Crippen MR) is 106 cm³/mol. The molecular formula is C21H26N3O4+. The molecule has 28 heavy (non-hydrogen) atoms. The van der Waals surface area contributed by atoms with E-state index < -0.39 is 0 Å². The maximum Gasteiger partial charge on any atom is 0.275 e. The van der Waals surface area contributed by atoms with Crippen LogP contribution in [0.25, 0.3) is 0 Å². The smallest absolute Gasteiger partial charge is 0.275 e. The lowest BCUT2D eigenvalue weighted by atomic mass is 10.1. The molecule has 0 spiro atoms. The standard InChI is InChI=1S/C21H25N3O4/c1-14-5-4-6-17(15(14)2)23-20(25)10-22-21(26)12-24(3)11-16-7-8-18-19(9-16)28-13-27-18/h4-9H,10-13H2,1-3H3,(H,22,26)(H,23,25)/p+1. The van der Waals surface area contributed by atoms with E-state index in [9.17, 15) is 9.59 Å². The molecule has 0 radical (unpaired) electrons. The number of aryl methyl sites for hydroxylation is 1. The minimum atomic E-state index is -0.240. The molecule has 3 N–H and O–H groups in total. The number of carbonyl (C=O) groups is 2. The van der Waals surface area contributed by atoms with Crippen LogP contribution in [0.15, 0.2) is 36.4 Å². The summed E-state index contributed by atoms with van der Waals surface area (Å²) in [5.41, 5.74) is 3.96. The van der Waals surface area contributed by atoms with Crippen LogP contribution in [0.2, 0.25) is 0 Å². The Kier molecular flexibility index (Phi) is 6.16. The normalized spacial score (nSPS) is 13.1. The molecule has 0 saturated carbocycles. The van der Waals surface area contributed by atoms with Gasteiger partial charge in [-0.25, -0.2) is 0 Å². The number of likely N-dealkylation sites (N-methyl/N-ethyl adjacent to an activating group) is 1. The van der Waals surface area contributed by atoms with Gasteiger partial charge in [0.1, 0.15) is 6.54 Å². The van der Waals surface area contributed by atoms with Gasteiger partial charge in [0.2, 0.25) is 12.7 Å². The molecule has 7 heteroatoms. The van der Waals surface area contributed by atoms with E-state index in [0.29, 0.717) is 6.54 Å². The van der Waals surface area contributed by atoms with Crippen LogP contribution < -0.4 is 25.0 Å². The van der Waals surface area contributed by atoms with E-state index >= 15 is 0 Å². The number of amides is 2. The molecule has 1 aliphatic rings. The SMILES string of the molecule is Cc1cccc(NC(=O)CNC(=O)C[NH+](C)Cc2ccc3c(c2)OCO3)c1C. The van der Waals surface area contributed by atoms with Gasteiger partial charge in [0, 0.05) is 11.3 Å². The highest BCUT2D eigenvalue weighted by Gasteiger charge is 2.16. The van der Waals surface area contributed by atoms with E-state index in [-0.39, 0.29) is 31.7 Å². The Morgan fingerprint density at radius 2 is 1.86 bits per heavy atom. The summed E-state index contributed by atoms with van der Waals surface area (Å²) in [6.07, 6.45) is 0. The van der Waals surface area contributed by atoms with E-state index in [2.05, 4.69) is 10.6 Å². The lowest BCUT2D eigenvalue weighted by molar-refractivity contribution is -0.885. The zero-order valence-corrected chi connectivity index (χ0v) is 16.4. The molecule has 1 atom stereocenters. The number of rotatable bonds is 7. The van der Waals surface area contributed by atoms with Crippen molar-refractivity contribution in [2.24, 2.45) is 0 Å². The summed E-state index contributed by atoms with van der Waals surface area (Å²) >= 11 is 0. The number of benzene rings is 2. The van der Waals surface area contributed by atoms with Crippen LogP contribution in [-0.2, 0) is 16.1 Å². The topological polar surface area (TPSA) is 81.1 Å². The van der Waals surface area contributed by atoms with Crippen molar-refractivity contribution in [3.63, 3.8) is 0 Å². The summed E-state index contributed by atoms with van der Waals surface area (Å²) in [7, 11) is 1.93. The molecule has 1 aliphatic heterocycles. The van der Waals surface area contributed by atoms with Gasteiger partial charge in [-0.1, -0.05) is 12.1 Å². The van der Waals surface area contributed by atoms with Crippen LogP contribution in [0.5, 0.6) is 11.5 Å². The minimum absolute atomic E-state index is 0.0521. The summed E-state index contributed by atoms with van der Waals surface area (Å²) in [4.78, 5) is 25.3. The molecule has 0 aliphatic carbocycles. The molecule has 0 fully saturated rings. The van der Waals surface area contributed by atoms with Gasteiger partial charge in [0.25, 0.3) is 5.91 Å². The van der Waals surface area contributed by atoms with Crippen LogP contribution in [0.4, 0.5) is 5.69 Å². The van der Waals surface area contributed by atoms with Crippen LogP contribution in [0.1, 0.15) is 16.7 Å². The quantitative estimate of drug-likeness (QED) is 0.660. The molecule has 0 saturated heterocycles. The average Bonchev–Trinajstić information content (AvgIpc) is 3.11. The Morgan fingerprint density at radius 1 is 1.07 bits per heavy atom. The monoisotopic (exact) mass is 384 g/mol. The second-order valence-electron chi connectivity index (χ2n) is 7.07. The summed E-state index contributed by atoms with van der Waals surface area (Å²) in [5.74, 6) is 1.07. The minimum Gasteiger partial charge on any atom is -0.454 e. The Bertz CT molecular complexity index is 882. The van der Waals surface area contributed by atoms with Gasteiger partial charge in [-0.05, 0) is 49.2 Å². The lowest BCUT2D eigenvalue weighted by Crippen LogP contribution is -3.08. The number of hydrogen-bond donors (Lipinski definition) is 3. The maximum absolute atomic E-state index is 12.2. The predicted octanol–water partition coefficient (Wildman–Crippen LogP) is 0.802. The molecule has 0 bridgehead atoms. The number of fused-ring (bicyclic) bond motifs is 1. The molecule has 2 aromatic rings. The number of ether oxygens (including phenoxy) is 2. The molecule has 2 aromatic carbocycles. The number of nitrogens with one attached hydrogen (secondary N) is 3. The first kappa shape index (κ1) is 19.7. The summed E-state index contributed by atoms with van der Waals surface area (Å²) in [5, 5.41) is 5.52. The Balaban J connectivity index is 1.43. The molecule has 7 nitrogen and oxygen atoms in total. The highest BCUT2D eigenvalue weighted by atomic mass is 16.7. The van der Waals surface area contributed by atoms with E-state index in [1.807, 2.05) is 57.3 Å². The number of carbonyl (C=O) groups excluding carboxylic acids is 2. The van der Waals surface area contributed by atoms with E-state index in [1.165, 1.54) is 0 Å². The Morgan fingerprint density at radius 3 is 2.68 bits per heavy atom. The fraction of sp³-hybridized carbons (Fsp3) is 0.333. The number of anilines is 1. The summed E-state index contributed by atoms with van der Waals surface area (Å²) in [6, 6.07) is 11.5. The van der Waals surface area contributed by atoms with Crippen LogP contribution in [0, 0.1) is 13.8 Å². The van der Waals surface area contributed by atoms with E-state index in [0.717, 1.165) is 38.8 Å². The second kappa shape index (κ2) is 8.75. The maximum atomic E-state index is 12.2. The third kappa shape index (κ3) is 5.01. The van der Waals surface area contributed by atoms with Gasteiger partial charge in [-0.2, -0.15) is 0 Å². The summed E-state index contributed by atoms with van der Waals surface area (Å²) < 4.78 is 10.7. The van der Waals surface area contributed by atoms with Crippen molar-refractivity contribution < 1.29 is 24.0 Å². The Hall–Kier alpha value is -3.06. The first-order chi connectivity index (χ1) is 13.4. The third-order valence-electron chi connectivity index (χ3n) is 4.73. The molecule has 148 valence electrons. The molecular weight excluding hydrogens is 358 g/mol. The van der Waals surface area contributed by atoms with Gasteiger partial charge >= 0.3 is 0 Å². The molecule has 1 heterocycles. The zero-order valence-electron chi connectivity index (χ0n) is 16.4. The van der Waals surface area contributed by atoms with E-state index in [4.69, 9.17) is 9.47 Å². The average molecular weight is 384 g/mol. The van der Waals surface area contributed by atoms with Crippen molar-refractivity contribution in [1.29, 1.82) is 0 Å². The van der Waals surface area contributed by atoms with Crippen LogP contribution in [-0.4, -0.2) is 38.7 Å².